The minimum Gasteiger partial charge on any atom is -0.378 e. The Morgan fingerprint density at radius 1 is 1.33 bits per heavy atom. The fourth-order valence-corrected chi connectivity index (χ4v) is 2.61. The molecule has 1 aromatic carbocycles. The number of anilines is 1. The molecule has 0 spiro atoms. The highest BCUT2D eigenvalue weighted by molar-refractivity contribution is 5.90. The van der Waals surface area contributed by atoms with Gasteiger partial charge in [-0.2, -0.15) is 0 Å². The van der Waals surface area contributed by atoms with E-state index in [2.05, 4.69) is 38.2 Å². The molecule has 3 nitrogen and oxygen atoms in total. The van der Waals surface area contributed by atoms with Gasteiger partial charge in [0.15, 0.2) is 0 Å². The smallest absolute Gasteiger partial charge is 0.224 e. The number of rotatable bonds is 4. The highest BCUT2D eigenvalue weighted by Crippen LogP contribution is 2.25. The van der Waals surface area contributed by atoms with Gasteiger partial charge in [-0.3, -0.25) is 4.79 Å². The predicted octanol–water partition coefficient (Wildman–Crippen LogP) is 4.27. The van der Waals surface area contributed by atoms with E-state index >= 15 is 0 Å². The number of carbonyl (C=O) groups excluding carboxylic acids is 1. The summed E-state index contributed by atoms with van der Waals surface area (Å²) in [6.07, 6.45) is 5.09. The zero-order valence-electron chi connectivity index (χ0n) is 13.4. The van der Waals surface area contributed by atoms with Crippen LogP contribution >= 0.6 is 0 Å². The summed E-state index contributed by atoms with van der Waals surface area (Å²) >= 11 is 0. The third-order valence-corrected chi connectivity index (χ3v) is 3.98. The summed E-state index contributed by atoms with van der Waals surface area (Å²) in [4.78, 5) is 12.0. The molecule has 1 aromatic rings. The number of nitrogens with one attached hydrogen (secondary N) is 1. The van der Waals surface area contributed by atoms with Gasteiger partial charge in [0.05, 0.1) is 6.10 Å². The normalized spacial score (nSPS) is 19.3. The lowest BCUT2D eigenvalue weighted by Crippen LogP contribution is -2.22. The summed E-state index contributed by atoms with van der Waals surface area (Å²) in [5.74, 6) is 0.0789. The molecule has 3 heteroatoms. The number of carbonyl (C=O) groups is 1. The molecule has 2 rings (SSSR count). The van der Waals surface area contributed by atoms with E-state index in [4.69, 9.17) is 4.74 Å². The number of ether oxygens (including phenoxy) is 1. The molecule has 0 aromatic heterocycles. The maximum atomic E-state index is 12.0. The molecular formula is C18H27NO2. The summed E-state index contributed by atoms with van der Waals surface area (Å²) in [6.45, 7) is 7.37. The van der Waals surface area contributed by atoms with Crippen LogP contribution in [0.1, 0.15) is 58.4 Å². The van der Waals surface area contributed by atoms with Crippen molar-refractivity contribution in [1.29, 1.82) is 0 Å². The van der Waals surface area contributed by atoms with Crippen molar-refractivity contribution < 1.29 is 9.53 Å². The molecule has 1 N–H and O–H groups in total. The first kappa shape index (κ1) is 16.0. The number of hydrogen-bond acceptors (Lipinski definition) is 2. The molecule has 0 bridgehead atoms. The van der Waals surface area contributed by atoms with Crippen LogP contribution in [-0.4, -0.2) is 18.6 Å². The van der Waals surface area contributed by atoms with Crippen LogP contribution < -0.4 is 5.32 Å². The predicted molar refractivity (Wildman–Crippen MR) is 86.6 cm³/mol. The van der Waals surface area contributed by atoms with Crippen LogP contribution in [-0.2, 0) is 14.9 Å². The molecule has 1 saturated heterocycles. The maximum absolute atomic E-state index is 12.0. The van der Waals surface area contributed by atoms with E-state index in [1.54, 1.807) is 0 Å². The lowest BCUT2D eigenvalue weighted by Gasteiger charge is -2.22. The Hall–Kier alpha value is -1.35. The van der Waals surface area contributed by atoms with Gasteiger partial charge >= 0.3 is 0 Å². The summed E-state index contributed by atoms with van der Waals surface area (Å²) < 4.78 is 5.66. The van der Waals surface area contributed by atoms with Crippen molar-refractivity contribution in [3.05, 3.63) is 29.8 Å². The van der Waals surface area contributed by atoms with Gasteiger partial charge in [-0.1, -0.05) is 32.9 Å². The molecule has 0 saturated carbocycles. The lowest BCUT2D eigenvalue weighted by molar-refractivity contribution is -0.117. The number of amides is 1. The van der Waals surface area contributed by atoms with Crippen LogP contribution in [0.5, 0.6) is 0 Å². The van der Waals surface area contributed by atoms with Gasteiger partial charge < -0.3 is 10.1 Å². The lowest BCUT2D eigenvalue weighted by atomic mass is 9.87. The topological polar surface area (TPSA) is 38.3 Å². The van der Waals surface area contributed by atoms with Crippen molar-refractivity contribution in [3.63, 3.8) is 0 Å². The quantitative estimate of drug-likeness (QED) is 0.898. The van der Waals surface area contributed by atoms with Crippen LogP contribution in [0.4, 0.5) is 5.69 Å². The third-order valence-electron chi connectivity index (χ3n) is 3.98. The Bertz CT molecular complexity index is 470. The Labute approximate surface area is 128 Å². The van der Waals surface area contributed by atoms with Gasteiger partial charge in [0, 0.05) is 18.7 Å². The molecule has 1 fully saturated rings. The first-order valence-corrected chi connectivity index (χ1v) is 7.97. The van der Waals surface area contributed by atoms with Crippen LogP contribution in [0.2, 0.25) is 0 Å². The largest absolute Gasteiger partial charge is 0.378 e. The van der Waals surface area contributed by atoms with Crippen LogP contribution in [0.25, 0.3) is 0 Å². The fraction of sp³-hybridized carbons (Fsp3) is 0.611. The molecule has 1 amide bonds. The van der Waals surface area contributed by atoms with Crippen molar-refractivity contribution in [3.8, 4) is 0 Å². The molecule has 1 aliphatic heterocycles. The van der Waals surface area contributed by atoms with Crippen molar-refractivity contribution in [2.75, 3.05) is 11.9 Å². The Kier molecular flexibility index (Phi) is 5.40. The van der Waals surface area contributed by atoms with Gasteiger partial charge in [0.2, 0.25) is 5.91 Å². The second kappa shape index (κ2) is 7.08. The summed E-state index contributed by atoms with van der Waals surface area (Å²) in [5.41, 5.74) is 2.21. The zero-order valence-corrected chi connectivity index (χ0v) is 13.4. The van der Waals surface area contributed by atoms with E-state index in [0.29, 0.717) is 6.42 Å². The van der Waals surface area contributed by atoms with Gasteiger partial charge in [-0.05, 0) is 48.8 Å². The van der Waals surface area contributed by atoms with Crippen LogP contribution in [0.15, 0.2) is 24.3 Å². The van der Waals surface area contributed by atoms with E-state index in [9.17, 15) is 4.79 Å². The number of benzene rings is 1. The van der Waals surface area contributed by atoms with Gasteiger partial charge in [-0.15, -0.1) is 0 Å². The highest BCUT2D eigenvalue weighted by Gasteiger charge is 2.16. The molecule has 116 valence electrons. The van der Waals surface area contributed by atoms with E-state index in [1.165, 1.54) is 12.0 Å². The fourth-order valence-electron chi connectivity index (χ4n) is 2.61. The first-order chi connectivity index (χ1) is 9.95. The van der Waals surface area contributed by atoms with Crippen molar-refractivity contribution in [2.45, 2.75) is 64.4 Å². The average Bonchev–Trinajstić information content (AvgIpc) is 2.46. The monoisotopic (exact) mass is 289 g/mol. The van der Waals surface area contributed by atoms with Crippen molar-refractivity contribution in [1.82, 2.24) is 0 Å². The van der Waals surface area contributed by atoms with E-state index in [-0.39, 0.29) is 17.4 Å². The molecule has 1 heterocycles. The summed E-state index contributed by atoms with van der Waals surface area (Å²) in [7, 11) is 0. The first-order valence-electron chi connectivity index (χ1n) is 7.97. The molecular weight excluding hydrogens is 262 g/mol. The second-order valence-electron chi connectivity index (χ2n) is 6.91. The molecule has 1 atom stereocenters. The molecule has 0 aliphatic carbocycles. The Morgan fingerprint density at radius 2 is 2.14 bits per heavy atom. The van der Waals surface area contributed by atoms with Gasteiger partial charge in [0.25, 0.3) is 0 Å². The third kappa shape index (κ3) is 5.16. The van der Waals surface area contributed by atoms with Gasteiger partial charge in [-0.25, -0.2) is 0 Å². The SMILES string of the molecule is CC(C)(C)c1cccc(NC(=O)CCC2CCCCO2)c1. The van der Waals surface area contributed by atoms with Crippen molar-refractivity contribution in [2.24, 2.45) is 0 Å². The van der Waals surface area contributed by atoms with Gasteiger partial charge in [0.1, 0.15) is 0 Å². The molecule has 21 heavy (non-hydrogen) atoms. The van der Waals surface area contributed by atoms with E-state index in [0.717, 1.165) is 31.6 Å². The van der Waals surface area contributed by atoms with E-state index in [1.807, 2.05) is 12.1 Å². The minimum atomic E-state index is 0.0789. The Balaban J connectivity index is 1.84. The summed E-state index contributed by atoms with van der Waals surface area (Å²) in [5, 5.41) is 3.00. The molecule has 0 radical (unpaired) electrons. The second-order valence-corrected chi connectivity index (χ2v) is 6.91. The summed E-state index contributed by atoms with van der Waals surface area (Å²) in [6, 6.07) is 8.12. The molecule has 1 aliphatic rings. The minimum absolute atomic E-state index is 0.0789. The average molecular weight is 289 g/mol. The maximum Gasteiger partial charge on any atom is 0.224 e. The van der Waals surface area contributed by atoms with E-state index < -0.39 is 0 Å². The molecule has 1 unspecified atom stereocenters. The highest BCUT2D eigenvalue weighted by atomic mass is 16.5. The number of hydrogen-bond donors (Lipinski definition) is 1. The zero-order chi connectivity index (χ0) is 15.3. The standard InChI is InChI=1S/C18H27NO2/c1-18(2,3)14-7-6-8-15(13-14)19-17(20)11-10-16-9-4-5-12-21-16/h6-8,13,16H,4-5,9-12H2,1-3H3,(H,19,20). The van der Waals surface area contributed by atoms with Crippen LogP contribution in [0.3, 0.4) is 0 Å². The van der Waals surface area contributed by atoms with Crippen LogP contribution in [0, 0.1) is 0 Å². The van der Waals surface area contributed by atoms with Crippen molar-refractivity contribution >= 4 is 11.6 Å². The Morgan fingerprint density at radius 3 is 2.81 bits per heavy atom.